The van der Waals surface area contributed by atoms with Crippen molar-refractivity contribution in [1.82, 2.24) is 0 Å². The molecule has 218 valence electrons. The summed E-state index contributed by atoms with van der Waals surface area (Å²) in [5.41, 5.74) is 7.80. The highest BCUT2D eigenvalue weighted by Gasteiger charge is 2.40. The normalized spacial score (nSPS) is 13.2. The Balaban J connectivity index is 2.84. The zero-order chi connectivity index (χ0) is 30.1. The molecule has 0 amide bonds. The highest BCUT2D eigenvalue weighted by molar-refractivity contribution is 6.46. The Hall–Kier alpha value is -1.43. The molecule has 3 heteroatoms. The maximum absolute atomic E-state index is 7.25. The van der Waals surface area contributed by atoms with Crippen molar-refractivity contribution in [1.29, 1.82) is 0 Å². The summed E-state index contributed by atoms with van der Waals surface area (Å²) in [5.74, 6) is 2.60. The van der Waals surface area contributed by atoms with Crippen LogP contribution in [0.1, 0.15) is 144 Å². The van der Waals surface area contributed by atoms with Gasteiger partial charge in [0, 0.05) is 0 Å². The predicted octanol–water partition coefficient (Wildman–Crippen LogP) is 10.6. The molecule has 0 aliphatic rings. The molecule has 2 nitrogen and oxygen atoms in total. The van der Waals surface area contributed by atoms with Gasteiger partial charge in [-0.3, -0.25) is 0 Å². The Kier molecular flexibility index (Phi) is 10.6. The topological polar surface area (TPSA) is 18.5 Å². The summed E-state index contributed by atoms with van der Waals surface area (Å²) >= 11 is -2.19. The van der Waals surface area contributed by atoms with Gasteiger partial charge < -0.3 is 7.58 Å². The lowest BCUT2D eigenvalue weighted by Gasteiger charge is -2.35. The first-order valence-corrected chi connectivity index (χ1v) is 17.0. The van der Waals surface area contributed by atoms with Gasteiger partial charge in [0.05, 0.1) is 11.5 Å². The molecule has 0 aliphatic carbocycles. The summed E-state index contributed by atoms with van der Waals surface area (Å²) in [7, 11) is 0. The van der Waals surface area contributed by atoms with Crippen molar-refractivity contribution in [2.45, 2.75) is 151 Å². The van der Waals surface area contributed by atoms with Crippen LogP contribution < -0.4 is 7.58 Å². The maximum atomic E-state index is 7.25. The van der Waals surface area contributed by atoms with Crippen LogP contribution in [-0.4, -0.2) is 14.8 Å². The van der Waals surface area contributed by atoms with Crippen LogP contribution >= 0.6 is 0 Å². The van der Waals surface area contributed by atoms with E-state index in [1.807, 2.05) is 0 Å². The summed E-state index contributed by atoms with van der Waals surface area (Å²) in [6.45, 7) is 36.7. The number of hydrogen-bond donors (Lipinski definition) is 0. The minimum absolute atomic E-state index is 0.0345. The lowest BCUT2D eigenvalue weighted by molar-refractivity contribution is 0.378. The van der Waals surface area contributed by atoms with Crippen LogP contribution in [0.4, 0.5) is 0 Å². The molecule has 0 unspecified atom stereocenters. The van der Waals surface area contributed by atoms with Crippen molar-refractivity contribution in [3.05, 3.63) is 57.6 Å². The molecule has 0 saturated heterocycles. The number of benzene rings is 2. The zero-order valence-corrected chi connectivity index (χ0v) is 29.6. The second kappa shape index (κ2) is 12.2. The molecule has 0 bridgehead atoms. The molecule has 0 heterocycles. The third-order valence-corrected chi connectivity index (χ3v) is 9.83. The largest absolute Gasteiger partial charge is 0.857 e. The monoisotopic (exact) mass is 550 g/mol. The van der Waals surface area contributed by atoms with Crippen LogP contribution in [0.15, 0.2) is 24.3 Å². The van der Waals surface area contributed by atoms with Gasteiger partial charge in [-0.25, -0.2) is 0 Å². The molecule has 0 N–H and O–H groups in total. The van der Waals surface area contributed by atoms with Crippen LogP contribution in [0.3, 0.4) is 0 Å². The molecule has 2 aromatic carbocycles. The van der Waals surface area contributed by atoms with Gasteiger partial charge in [0.15, 0.2) is 0 Å². The summed E-state index contributed by atoms with van der Waals surface area (Å²) < 4.78 is 14.5. The summed E-state index contributed by atoms with van der Waals surface area (Å²) in [5, 5.41) is 0.950. The van der Waals surface area contributed by atoms with Gasteiger partial charge in [-0.15, -0.1) is 0 Å². The highest BCUT2D eigenvalue weighted by Crippen LogP contribution is 2.44. The van der Waals surface area contributed by atoms with Crippen molar-refractivity contribution in [2.24, 2.45) is 5.92 Å². The van der Waals surface area contributed by atoms with Gasteiger partial charge in [-0.05, 0) is 73.2 Å². The Bertz CT molecular complexity index is 959. The zero-order valence-electron chi connectivity index (χ0n) is 28.4. The molecule has 0 saturated carbocycles. The van der Waals surface area contributed by atoms with E-state index in [0.29, 0.717) is 5.92 Å². The average Bonchev–Trinajstić information content (AvgIpc) is 2.75. The smallest absolute Gasteiger partial charge is 0.611 e. The predicted molar refractivity (Wildman–Crippen MR) is 173 cm³/mol. The Morgan fingerprint density at radius 2 is 0.795 bits per heavy atom. The van der Waals surface area contributed by atoms with Crippen molar-refractivity contribution in [3.8, 4) is 11.5 Å². The summed E-state index contributed by atoms with van der Waals surface area (Å²) in [6.07, 6.45) is 2.03. The van der Waals surface area contributed by atoms with E-state index in [1.165, 1.54) is 33.4 Å². The molecule has 0 aromatic heterocycles. The molecule has 0 atom stereocenters. The fraction of sp³-hybridized carbons (Fsp3) is 0.667. The van der Waals surface area contributed by atoms with Gasteiger partial charge in [0.25, 0.3) is 0 Å². The Labute approximate surface area is 247 Å². The van der Waals surface area contributed by atoms with Crippen LogP contribution in [0, 0.1) is 5.92 Å². The van der Waals surface area contributed by atoms with E-state index in [2.05, 4.69) is 135 Å². The second-order valence-corrected chi connectivity index (χ2v) is 17.8. The molecular weight excluding hydrogens is 491 g/mol. The fourth-order valence-electron chi connectivity index (χ4n) is 5.04. The standard InChI is InChI=1S/2C16H26O.C4H9.Al/c2*1-8-11-9-12(15(2,3)4)14(17)13(10-11)16(5,6)7;1-4(2)3;/h2*9-10,17H,8H2,1-7H3;4H,1H2,2-3H3;/q;;;+2/p-2. The molecule has 2 aromatic rings. The SMILES string of the molecule is CCc1cc(C(C)(C)C)c([O][Al]([CH2]C(C)C)[O]c2c(C(C)(C)C)cc(CC)cc2C(C)(C)C)c(C(C)(C)C)c1. The Morgan fingerprint density at radius 1 is 0.538 bits per heavy atom. The molecule has 2 rings (SSSR count). The van der Waals surface area contributed by atoms with Gasteiger partial charge >= 0.3 is 14.8 Å². The van der Waals surface area contributed by atoms with Crippen molar-refractivity contribution >= 4 is 14.8 Å². The van der Waals surface area contributed by atoms with Crippen LogP contribution in [0.25, 0.3) is 0 Å². The summed E-state index contributed by atoms with van der Waals surface area (Å²) in [6, 6.07) is 9.51. The van der Waals surface area contributed by atoms with E-state index >= 15 is 0 Å². The molecule has 39 heavy (non-hydrogen) atoms. The lowest BCUT2D eigenvalue weighted by atomic mass is 9.78. The van der Waals surface area contributed by atoms with E-state index in [9.17, 15) is 0 Å². The quantitative estimate of drug-likeness (QED) is 0.304. The second-order valence-electron chi connectivity index (χ2n) is 16.0. The number of rotatable bonds is 8. The summed E-state index contributed by atoms with van der Waals surface area (Å²) in [4.78, 5) is 0. The first-order valence-electron chi connectivity index (χ1n) is 15.3. The number of aryl methyl sites for hydroxylation is 2. The van der Waals surface area contributed by atoms with Crippen LogP contribution in [0.2, 0.25) is 5.28 Å². The van der Waals surface area contributed by atoms with E-state index < -0.39 is 14.8 Å². The average molecular weight is 551 g/mol. The maximum Gasteiger partial charge on any atom is 0.857 e. The first-order chi connectivity index (χ1) is 17.6. The third kappa shape index (κ3) is 8.78. The minimum atomic E-state index is -2.19. The van der Waals surface area contributed by atoms with Gasteiger partial charge in [-0.2, -0.15) is 0 Å². The van der Waals surface area contributed by atoms with Crippen LogP contribution in [0.5, 0.6) is 11.5 Å². The van der Waals surface area contributed by atoms with Gasteiger partial charge in [0.2, 0.25) is 0 Å². The molecule has 0 fully saturated rings. The first kappa shape index (κ1) is 33.8. The fourth-order valence-corrected chi connectivity index (χ4v) is 7.08. The molecular formula is C36H59AlO2. The van der Waals surface area contributed by atoms with E-state index in [0.717, 1.165) is 29.6 Å². The van der Waals surface area contributed by atoms with Crippen molar-refractivity contribution < 1.29 is 7.58 Å². The van der Waals surface area contributed by atoms with E-state index in [4.69, 9.17) is 7.58 Å². The van der Waals surface area contributed by atoms with Gasteiger partial charge in [0.1, 0.15) is 0 Å². The van der Waals surface area contributed by atoms with Crippen molar-refractivity contribution in [2.75, 3.05) is 0 Å². The van der Waals surface area contributed by atoms with Crippen molar-refractivity contribution in [3.63, 3.8) is 0 Å². The van der Waals surface area contributed by atoms with Gasteiger partial charge in [-0.1, -0.05) is 141 Å². The third-order valence-electron chi connectivity index (χ3n) is 7.51. The number of hydrogen-bond acceptors (Lipinski definition) is 2. The Morgan fingerprint density at radius 3 is 0.974 bits per heavy atom. The van der Waals surface area contributed by atoms with E-state index in [1.54, 1.807) is 0 Å². The molecule has 0 spiro atoms. The minimum Gasteiger partial charge on any atom is -0.611 e. The van der Waals surface area contributed by atoms with E-state index in [-0.39, 0.29) is 21.7 Å². The molecule has 0 aliphatic heterocycles. The molecule has 0 radical (unpaired) electrons. The van der Waals surface area contributed by atoms with Crippen LogP contribution in [-0.2, 0) is 34.5 Å². The lowest BCUT2D eigenvalue weighted by Crippen LogP contribution is -2.35. The highest BCUT2D eigenvalue weighted by atomic mass is 27.2.